The molecule has 7 nitrogen and oxygen atoms in total. The van der Waals surface area contributed by atoms with Crippen molar-refractivity contribution in [2.45, 2.75) is 51.8 Å². The van der Waals surface area contributed by atoms with Crippen LogP contribution in [0.3, 0.4) is 0 Å². The van der Waals surface area contributed by atoms with Crippen LogP contribution in [0.15, 0.2) is 48.1 Å². The lowest BCUT2D eigenvalue weighted by atomic mass is 10.1. The van der Waals surface area contributed by atoms with Crippen LogP contribution in [0.5, 0.6) is 5.88 Å². The summed E-state index contributed by atoms with van der Waals surface area (Å²) in [6.07, 6.45) is 8.42. The molecule has 0 radical (unpaired) electrons. The van der Waals surface area contributed by atoms with Crippen LogP contribution in [0.4, 0.5) is 0 Å². The number of ether oxygens (including phenoxy) is 1. The van der Waals surface area contributed by atoms with Crippen molar-refractivity contribution in [2.75, 3.05) is 0 Å². The Balaban J connectivity index is 1.28. The minimum absolute atomic E-state index is 0.151. The third-order valence-corrected chi connectivity index (χ3v) is 6.57. The van der Waals surface area contributed by atoms with Gasteiger partial charge in [-0.15, -0.1) is 11.3 Å². The van der Waals surface area contributed by atoms with Crippen LogP contribution in [0.25, 0.3) is 11.0 Å². The molecule has 0 unspecified atom stereocenters. The molecule has 4 aromatic rings. The smallest absolute Gasteiger partial charge is 0.252 e. The second-order valence-corrected chi connectivity index (χ2v) is 9.17. The van der Waals surface area contributed by atoms with Crippen molar-refractivity contribution >= 4 is 28.3 Å². The minimum atomic E-state index is -0.151. The number of aryl methyl sites for hydroxylation is 1. The Morgan fingerprint density at radius 2 is 2.12 bits per heavy atom. The van der Waals surface area contributed by atoms with E-state index in [0.717, 1.165) is 35.1 Å². The van der Waals surface area contributed by atoms with Crippen LogP contribution in [0.2, 0.25) is 0 Å². The monoisotopic (exact) mass is 447 g/mol. The number of fused-ring (bicyclic) bond motifs is 1. The molecule has 1 amide bonds. The number of thiophene rings is 1. The van der Waals surface area contributed by atoms with Crippen molar-refractivity contribution < 1.29 is 9.53 Å². The van der Waals surface area contributed by atoms with Gasteiger partial charge in [0.05, 0.1) is 23.7 Å². The first-order chi connectivity index (χ1) is 15.7. The van der Waals surface area contributed by atoms with Gasteiger partial charge < -0.3 is 10.1 Å². The number of pyridine rings is 2. The molecular formula is C24H25N5O2S. The summed E-state index contributed by atoms with van der Waals surface area (Å²) in [5.74, 6) is 0.499. The third-order valence-electron chi connectivity index (χ3n) is 5.71. The number of rotatable bonds is 7. The third kappa shape index (κ3) is 4.50. The maximum absolute atomic E-state index is 13.0. The van der Waals surface area contributed by atoms with Crippen molar-refractivity contribution in [2.24, 2.45) is 0 Å². The number of amides is 1. The maximum Gasteiger partial charge on any atom is 0.252 e. The molecule has 5 rings (SSSR count). The first-order valence-corrected chi connectivity index (χ1v) is 11.8. The molecule has 0 spiro atoms. The maximum atomic E-state index is 13.0. The fraction of sp³-hybridized carbons (Fsp3) is 0.333. The van der Waals surface area contributed by atoms with Crippen LogP contribution in [0, 0.1) is 6.92 Å². The molecule has 4 heterocycles. The summed E-state index contributed by atoms with van der Waals surface area (Å²) in [6, 6.07) is 9.73. The van der Waals surface area contributed by atoms with E-state index >= 15 is 0 Å². The molecule has 1 aliphatic rings. The first-order valence-electron chi connectivity index (χ1n) is 10.9. The standard InChI is InChI=1S/C24H25N5O2S/c1-16-11-20(21-14-27-29(23(21)28-16)15-19-7-4-10-32-19)24(30)26-13-17-8-9-22(25-12-17)31-18-5-2-3-6-18/h4,7-12,14,18H,2-3,5-6,13,15H2,1H3,(H,26,30). The van der Waals surface area contributed by atoms with E-state index in [4.69, 9.17) is 4.74 Å². The zero-order valence-corrected chi connectivity index (χ0v) is 18.8. The number of carbonyl (C=O) groups excluding carboxylic acids is 1. The Morgan fingerprint density at radius 1 is 1.25 bits per heavy atom. The molecule has 1 N–H and O–H groups in total. The zero-order valence-electron chi connectivity index (χ0n) is 18.0. The molecule has 0 atom stereocenters. The van der Waals surface area contributed by atoms with Gasteiger partial charge in [-0.2, -0.15) is 5.10 Å². The van der Waals surface area contributed by atoms with Gasteiger partial charge in [0.25, 0.3) is 5.91 Å². The Labute approximate surface area is 190 Å². The van der Waals surface area contributed by atoms with Gasteiger partial charge in [-0.1, -0.05) is 12.1 Å². The Bertz CT molecular complexity index is 1210. The Morgan fingerprint density at radius 3 is 2.88 bits per heavy atom. The zero-order chi connectivity index (χ0) is 21.9. The number of carbonyl (C=O) groups is 1. The van der Waals surface area contributed by atoms with Gasteiger partial charge in [0, 0.05) is 29.4 Å². The molecule has 32 heavy (non-hydrogen) atoms. The number of nitrogens with one attached hydrogen (secondary N) is 1. The average molecular weight is 448 g/mol. The SMILES string of the molecule is Cc1cc(C(=O)NCc2ccc(OC3CCCC3)nc2)c2cnn(Cc3cccs3)c2n1. The van der Waals surface area contributed by atoms with Gasteiger partial charge in [-0.25, -0.2) is 14.6 Å². The largest absolute Gasteiger partial charge is 0.474 e. The highest BCUT2D eigenvalue weighted by Crippen LogP contribution is 2.23. The summed E-state index contributed by atoms with van der Waals surface area (Å²) in [4.78, 5) is 23.2. The summed E-state index contributed by atoms with van der Waals surface area (Å²) in [5.41, 5.74) is 3.01. The van der Waals surface area contributed by atoms with Crippen LogP contribution in [-0.4, -0.2) is 31.8 Å². The lowest BCUT2D eigenvalue weighted by Gasteiger charge is -2.12. The van der Waals surface area contributed by atoms with Crippen LogP contribution in [-0.2, 0) is 13.1 Å². The van der Waals surface area contributed by atoms with E-state index in [9.17, 15) is 4.79 Å². The van der Waals surface area contributed by atoms with Crippen LogP contribution < -0.4 is 10.1 Å². The summed E-state index contributed by atoms with van der Waals surface area (Å²) in [6.45, 7) is 2.92. The molecule has 0 saturated heterocycles. The van der Waals surface area contributed by atoms with Crippen molar-refractivity contribution in [3.8, 4) is 5.88 Å². The highest BCUT2D eigenvalue weighted by Gasteiger charge is 2.18. The van der Waals surface area contributed by atoms with E-state index in [1.807, 2.05) is 41.3 Å². The lowest BCUT2D eigenvalue weighted by molar-refractivity contribution is 0.0952. The van der Waals surface area contributed by atoms with Crippen molar-refractivity contribution in [3.63, 3.8) is 0 Å². The fourth-order valence-electron chi connectivity index (χ4n) is 4.07. The predicted molar refractivity (Wildman–Crippen MR) is 124 cm³/mol. The highest BCUT2D eigenvalue weighted by atomic mass is 32.1. The van der Waals surface area contributed by atoms with E-state index in [-0.39, 0.29) is 12.0 Å². The van der Waals surface area contributed by atoms with Gasteiger partial charge in [-0.05, 0) is 55.7 Å². The first kappa shape index (κ1) is 20.6. The lowest BCUT2D eigenvalue weighted by Crippen LogP contribution is -2.23. The fourth-order valence-corrected chi connectivity index (χ4v) is 4.75. The normalized spacial score (nSPS) is 14.2. The predicted octanol–water partition coefficient (Wildman–Crippen LogP) is 4.50. The van der Waals surface area contributed by atoms with Gasteiger partial charge in [-0.3, -0.25) is 4.79 Å². The highest BCUT2D eigenvalue weighted by molar-refractivity contribution is 7.09. The van der Waals surface area contributed by atoms with Gasteiger partial charge >= 0.3 is 0 Å². The molecule has 4 aromatic heterocycles. The summed E-state index contributed by atoms with van der Waals surface area (Å²) < 4.78 is 7.76. The molecule has 0 aliphatic heterocycles. The molecule has 164 valence electrons. The van der Waals surface area contributed by atoms with E-state index < -0.39 is 0 Å². The molecule has 0 aromatic carbocycles. The second kappa shape index (κ2) is 9.08. The second-order valence-electron chi connectivity index (χ2n) is 8.14. The van der Waals surface area contributed by atoms with Crippen molar-refractivity contribution in [3.05, 3.63) is 69.8 Å². The molecule has 8 heteroatoms. The molecule has 1 saturated carbocycles. The molecular weight excluding hydrogens is 422 g/mol. The average Bonchev–Trinajstić information content (AvgIpc) is 3.56. The van der Waals surface area contributed by atoms with Gasteiger partial charge in [0.2, 0.25) is 5.88 Å². The van der Waals surface area contributed by atoms with Crippen molar-refractivity contribution in [1.29, 1.82) is 0 Å². The summed E-state index contributed by atoms with van der Waals surface area (Å²) in [7, 11) is 0. The Kier molecular flexibility index (Phi) is 5.85. The number of hydrogen-bond acceptors (Lipinski definition) is 6. The molecule has 1 aliphatic carbocycles. The van der Waals surface area contributed by atoms with Crippen LogP contribution in [0.1, 0.15) is 52.2 Å². The number of aromatic nitrogens is 4. The van der Waals surface area contributed by atoms with E-state index in [0.29, 0.717) is 24.5 Å². The van der Waals surface area contributed by atoms with Gasteiger partial charge in [0.1, 0.15) is 6.10 Å². The van der Waals surface area contributed by atoms with E-state index in [1.54, 1.807) is 23.7 Å². The number of nitrogens with zero attached hydrogens (tertiary/aromatic N) is 4. The quantitative estimate of drug-likeness (QED) is 0.451. The van der Waals surface area contributed by atoms with Crippen LogP contribution >= 0.6 is 11.3 Å². The van der Waals surface area contributed by atoms with Crippen molar-refractivity contribution in [1.82, 2.24) is 25.1 Å². The van der Waals surface area contributed by atoms with Gasteiger partial charge in [0.15, 0.2) is 5.65 Å². The van der Waals surface area contributed by atoms with E-state index in [1.165, 1.54) is 17.7 Å². The summed E-state index contributed by atoms with van der Waals surface area (Å²) in [5, 5.41) is 10.3. The topological polar surface area (TPSA) is 81.9 Å². The number of hydrogen-bond donors (Lipinski definition) is 1. The Hall–Kier alpha value is -3.26. The molecule has 1 fully saturated rings. The molecule has 0 bridgehead atoms. The minimum Gasteiger partial charge on any atom is -0.474 e. The van der Waals surface area contributed by atoms with E-state index in [2.05, 4.69) is 26.4 Å². The summed E-state index contributed by atoms with van der Waals surface area (Å²) >= 11 is 1.68.